The molecule has 0 saturated carbocycles. The minimum absolute atomic E-state index is 0.0702. The van der Waals surface area contributed by atoms with Crippen molar-refractivity contribution in [2.75, 3.05) is 0 Å². The Hall–Kier alpha value is -4.62. The number of hydrogen-bond acceptors (Lipinski definition) is 1. The second-order valence-electron chi connectivity index (χ2n) is 12.6. The van der Waals surface area contributed by atoms with Crippen molar-refractivity contribution in [1.82, 2.24) is 0 Å². The molecule has 41 heavy (non-hydrogen) atoms. The minimum atomic E-state index is -0.154. The molecule has 0 N–H and O–H groups in total. The molecule has 5 aromatic carbocycles. The molecule has 0 unspecified atom stereocenters. The predicted molar refractivity (Wildman–Crippen MR) is 172 cm³/mol. The molecule has 0 atom stereocenters. The largest absolute Gasteiger partial charge is 0.456 e. The molecule has 3 aliphatic rings. The van der Waals surface area contributed by atoms with E-state index in [1.165, 1.54) is 60.8 Å². The van der Waals surface area contributed by atoms with E-state index in [4.69, 9.17) is 4.74 Å². The Morgan fingerprint density at radius 1 is 0.585 bits per heavy atom. The van der Waals surface area contributed by atoms with Gasteiger partial charge in [-0.25, -0.2) is 0 Å². The Balaban J connectivity index is 1.36. The highest BCUT2D eigenvalue weighted by Crippen LogP contribution is 2.59. The summed E-state index contributed by atoms with van der Waals surface area (Å²) in [5.74, 6) is 1.79. The fraction of sp³-hybridized carbons (Fsp3) is 0.150. The van der Waals surface area contributed by atoms with Gasteiger partial charge in [0.25, 0.3) is 0 Å². The van der Waals surface area contributed by atoms with Gasteiger partial charge in [-0.15, -0.1) is 0 Å². The summed E-state index contributed by atoms with van der Waals surface area (Å²) in [6, 6.07) is 31.7. The van der Waals surface area contributed by atoms with Crippen LogP contribution in [-0.4, -0.2) is 0 Å². The van der Waals surface area contributed by atoms with E-state index in [2.05, 4.69) is 119 Å². The van der Waals surface area contributed by atoms with E-state index in [0.29, 0.717) is 0 Å². The molecule has 0 amide bonds. The molecule has 0 radical (unpaired) electrons. The van der Waals surface area contributed by atoms with Crippen molar-refractivity contribution < 1.29 is 4.74 Å². The highest BCUT2D eigenvalue weighted by molar-refractivity contribution is 6.04. The van der Waals surface area contributed by atoms with E-state index < -0.39 is 0 Å². The van der Waals surface area contributed by atoms with Crippen LogP contribution in [0, 0.1) is 0 Å². The molecule has 2 aliphatic carbocycles. The maximum absolute atomic E-state index is 6.61. The summed E-state index contributed by atoms with van der Waals surface area (Å²) in [5.41, 5.74) is 14.3. The third kappa shape index (κ3) is 3.18. The van der Waals surface area contributed by atoms with Gasteiger partial charge in [-0.2, -0.15) is 0 Å². The molecular formula is C40H32O. The zero-order chi connectivity index (χ0) is 28.1. The van der Waals surface area contributed by atoms with E-state index in [-0.39, 0.29) is 10.8 Å². The number of rotatable bonds is 2. The molecule has 1 heteroatoms. The van der Waals surface area contributed by atoms with Crippen LogP contribution in [0.15, 0.2) is 116 Å². The minimum Gasteiger partial charge on any atom is -0.456 e. The third-order valence-electron chi connectivity index (χ3n) is 9.66. The van der Waals surface area contributed by atoms with Gasteiger partial charge in [-0.1, -0.05) is 113 Å². The second kappa shape index (κ2) is 8.21. The molecule has 0 aromatic heterocycles. The SMILES string of the molecule is C=C/C=C\C=C1/Oc2cc3c(cc2-c2ccccc21)-c1cc2c(cc1C3(C)C)-c1c(ccc3ccccc13)C2(C)C. The Labute approximate surface area is 242 Å². The topological polar surface area (TPSA) is 9.23 Å². The standard InChI is InChI=1S/C40H32O/c1-6-7-8-17-36-27-16-12-11-15-26(27)30-20-28-29-21-34-31(22-33(29)40(4,5)35(28)23-37(30)41-36)38-25-14-10-9-13-24(25)18-19-32(38)39(34,2)3/h6-23H,1H2,2-5H3/b8-7-,36-17-. The predicted octanol–water partition coefficient (Wildman–Crippen LogP) is 10.6. The van der Waals surface area contributed by atoms with Gasteiger partial charge in [0.2, 0.25) is 0 Å². The van der Waals surface area contributed by atoms with Gasteiger partial charge in [0.05, 0.1) is 0 Å². The van der Waals surface area contributed by atoms with Gasteiger partial charge in [-0.3, -0.25) is 0 Å². The molecule has 8 rings (SSSR count). The summed E-state index contributed by atoms with van der Waals surface area (Å²) in [7, 11) is 0. The van der Waals surface area contributed by atoms with Gasteiger partial charge in [0, 0.05) is 22.0 Å². The smallest absolute Gasteiger partial charge is 0.135 e. The average Bonchev–Trinajstić information content (AvgIpc) is 3.34. The van der Waals surface area contributed by atoms with Crippen LogP contribution >= 0.6 is 0 Å². The normalized spacial score (nSPS) is 17.4. The van der Waals surface area contributed by atoms with Crippen molar-refractivity contribution in [3.8, 4) is 39.1 Å². The lowest BCUT2D eigenvalue weighted by atomic mass is 9.79. The van der Waals surface area contributed by atoms with E-state index in [1.54, 1.807) is 6.08 Å². The van der Waals surface area contributed by atoms with Crippen LogP contribution in [0.3, 0.4) is 0 Å². The van der Waals surface area contributed by atoms with E-state index >= 15 is 0 Å². The molecular weight excluding hydrogens is 496 g/mol. The summed E-state index contributed by atoms with van der Waals surface area (Å²) >= 11 is 0. The Morgan fingerprint density at radius 3 is 2.07 bits per heavy atom. The molecule has 198 valence electrons. The average molecular weight is 529 g/mol. The Morgan fingerprint density at radius 2 is 1.24 bits per heavy atom. The van der Waals surface area contributed by atoms with Crippen LogP contribution in [-0.2, 0) is 10.8 Å². The molecule has 1 aliphatic heterocycles. The summed E-state index contributed by atoms with van der Waals surface area (Å²) in [6.45, 7) is 13.3. The lowest BCUT2D eigenvalue weighted by molar-refractivity contribution is 0.509. The van der Waals surface area contributed by atoms with E-state index in [0.717, 1.165) is 22.6 Å². The molecule has 0 saturated heterocycles. The van der Waals surface area contributed by atoms with Crippen LogP contribution < -0.4 is 4.74 Å². The lowest BCUT2D eigenvalue weighted by Crippen LogP contribution is -2.17. The maximum Gasteiger partial charge on any atom is 0.135 e. The first-order valence-corrected chi connectivity index (χ1v) is 14.5. The molecule has 0 fully saturated rings. The van der Waals surface area contributed by atoms with Gasteiger partial charge < -0.3 is 4.74 Å². The van der Waals surface area contributed by atoms with Crippen molar-refractivity contribution in [3.63, 3.8) is 0 Å². The quantitative estimate of drug-likeness (QED) is 0.207. The van der Waals surface area contributed by atoms with Crippen LogP contribution in [0.5, 0.6) is 5.75 Å². The number of ether oxygens (including phenoxy) is 1. The van der Waals surface area contributed by atoms with Crippen LogP contribution in [0.4, 0.5) is 0 Å². The van der Waals surface area contributed by atoms with Gasteiger partial charge >= 0.3 is 0 Å². The van der Waals surface area contributed by atoms with Crippen molar-refractivity contribution in [3.05, 3.63) is 144 Å². The first kappa shape index (κ1) is 24.2. The zero-order valence-electron chi connectivity index (χ0n) is 24.0. The molecule has 1 heterocycles. The van der Waals surface area contributed by atoms with Gasteiger partial charge in [-0.05, 0) is 91.2 Å². The van der Waals surface area contributed by atoms with E-state index in [9.17, 15) is 0 Å². The fourth-order valence-corrected chi connectivity index (χ4v) is 7.50. The third-order valence-corrected chi connectivity index (χ3v) is 9.66. The number of benzene rings is 5. The highest BCUT2D eigenvalue weighted by Gasteiger charge is 2.43. The second-order valence-corrected chi connectivity index (χ2v) is 12.6. The number of fused-ring (bicyclic) bond motifs is 11. The maximum atomic E-state index is 6.61. The van der Waals surface area contributed by atoms with Crippen LogP contribution in [0.25, 0.3) is 49.9 Å². The number of allylic oxidation sites excluding steroid dienone is 4. The van der Waals surface area contributed by atoms with Crippen molar-refractivity contribution in [2.45, 2.75) is 38.5 Å². The van der Waals surface area contributed by atoms with Crippen LogP contribution in [0.2, 0.25) is 0 Å². The highest BCUT2D eigenvalue weighted by atomic mass is 16.5. The Kier molecular flexibility index (Phi) is 4.84. The van der Waals surface area contributed by atoms with Gasteiger partial charge in [0.1, 0.15) is 11.5 Å². The Bertz CT molecular complexity index is 2030. The van der Waals surface area contributed by atoms with E-state index in [1.807, 2.05) is 18.2 Å². The summed E-state index contributed by atoms with van der Waals surface area (Å²) in [6.07, 6.45) is 7.73. The van der Waals surface area contributed by atoms with Crippen molar-refractivity contribution in [2.24, 2.45) is 0 Å². The molecule has 1 nitrogen and oxygen atoms in total. The first-order chi connectivity index (χ1) is 19.8. The monoisotopic (exact) mass is 528 g/mol. The first-order valence-electron chi connectivity index (χ1n) is 14.5. The molecule has 0 spiro atoms. The molecule has 0 bridgehead atoms. The number of hydrogen-bond donors (Lipinski definition) is 0. The summed E-state index contributed by atoms with van der Waals surface area (Å²) < 4.78 is 6.61. The van der Waals surface area contributed by atoms with Crippen molar-refractivity contribution in [1.29, 1.82) is 0 Å². The zero-order valence-corrected chi connectivity index (χ0v) is 24.0. The van der Waals surface area contributed by atoms with Gasteiger partial charge in [0.15, 0.2) is 0 Å². The summed E-state index contributed by atoms with van der Waals surface area (Å²) in [4.78, 5) is 0. The fourth-order valence-electron chi connectivity index (χ4n) is 7.50. The lowest BCUT2D eigenvalue weighted by Gasteiger charge is -2.26. The molecule has 5 aromatic rings. The van der Waals surface area contributed by atoms with Crippen molar-refractivity contribution >= 4 is 16.5 Å². The summed E-state index contributed by atoms with van der Waals surface area (Å²) in [5, 5.41) is 2.64. The van der Waals surface area contributed by atoms with Crippen LogP contribution in [0.1, 0.15) is 55.5 Å².